The third-order valence-corrected chi connectivity index (χ3v) is 5.40. The van der Waals surface area contributed by atoms with E-state index in [0.717, 1.165) is 18.6 Å². The smallest absolute Gasteiger partial charge is 0.264 e. The van der Waals surface area contributed by atoms with Crippen LogP contribution in [0.1, 0.15) is 97.3 Å². The number of hydrogen-bond acceptors (Lipinski definition) is 4. The maximum atomic E-state index is 10.7. The second kappa shape index (κ2) is 11.8. The summed E-state index contributed by atoms with van der Waals surface area (Å²) in [6.07, 6.45) is 15.9. The van der Waals surface area contributed by atoms with Crippen molar-refractivity contribution in [2.75, 3.05) is 5.75 Å². The maximum absolute atomic E-state index is 10.7. The van der Waals surface area contributed by atoms with Gasteiger partial charge in [-0.2, -0.15) is 8.42 Å². The Balaban J connectivity index is 2.02. The van der Waals surface area contributed by atoms with Gasteiger partial charge in [0, 0.05) is 19.8 Å². The summed E-state index contributed by atoms with van der Waals surface area (Å²) in [6.45, 7) is 4.20. The highest BCUT2D eigenvalue weighted by molar-refractivity contribution is 7.85. The van der Waals surface area contributed by atoms with E-state index < -0.39 is 15.9 Å². The van der Waals surface area contributed by atoms with Gasteiger partial charge in [-0.05, 0) is 19.3 Å². The molecule has 1 rings (SSSR count). The molecule has 1 atom stereocenters. The van der Waals surface area contributed by atoms with Crippen molar-refractivity contribution in [2.24, 2.45) is 0 Å². The highest BCUT2D eigenvalue weighted by Gasteiger charge is 2.32. The van der Waals surface area contributed by atoms with E-state index in [4.69, 9.17) is 14.0 Å². The zero-order chi connectivity index (χ0) is 18.6. The van der Waals surface area contributed by atoms with Crippen LogP contribution < -0.4 is 0 Å². The molecule has 0 aromatic carbocycles. The lowest BCUT2D eigenvalue weighted by molar-refractivity contribution is -0.139. The van der Waals surface area contributed by atoms with E-state index in [1.807, 2.05) is 6.92 Å². The first-order chi connectivity index (χ1) is 11.8. The Bertz CT molecular complexity index is 486. The first-order valence-electron chi connectivity index (χ1n) is 9.86. The molecule has 1 N–H and O–H groups in total. The number of hydrogen-bond donors (Lipinski definition) is 1. The van der Waals surface area contributed by atoms with Crippen molar-refractivity contribution < 1.29 is 22.4 Å². The van der Waals surface area contributed by atoms with Gasteiger partial charge in [0.15, 0.2) is 0 Å². The molecule has 0 saturated heterocycles. The third kappa shape index (κ3) is 11.5. The molecule has 0 radical (unpaired) electrons. The number of rotatable bonds is 15. The predicted octanol–water partition coefficient (Wildman–Crippen LogP) is 5.57. The van der Waals surface area contributed by atoms with Crippen molar-refractivity contribution in [1.29, 1.82) is 0 Å². The van der Waals surface area contributed by atoms with Crippen LogP contribution in [-0.4, -0.2) is 24.5 Å². The minimum Gasteiger partial charge on any atom is -0.457 e. The third-order valence-electron chi connectivity index (χ3n) is 4.60. The molecular weight excluding hydrogens is 340 g/mol. The Hall–Kier alpha value is -0.750. The summed E-state index contributed by atoms with van der Waals surface area (Å²) in [4.78, 5) is 0. The maximum Gasteiger partial charge on any atom is 0.264 e. The minimum absolute atomic E-state index is 0.198. The lowest BCUT2D eigenvalue weighted by Gasteiger charge is -2.24. The van der Waals surface area contributed by atoms with Crippen molar-refractivity contribution in [2.45, 2.75) is 103 Å². The van der Waals surface area contributed by atoms with Crippen LogP contribution in [0.2, 0.25) is 0 Å². The molecule has 0 saturated carbocycles. The van der Waals surface area contributed by atoms with Crippen molar-refractivity contribution in [1.82, 2.24) is 0 Å². The van der Waals surface area contributed by atoms with Crippen LogP contribution in [0.3, 0.4) is 0 Å². The van der Waals surface area contributed by atoms with Gasteiger partial charge in [0.05, 0.1) is 5.75 Å². The van der Waals surface area contributed by atoms with E-state index in [9.17, 15) is 8.42 Å². The summed E-state index contributed by atoms with van der Waals surface area (Å²) in [7, 11) is -3.86. The molecule has 0 fully saturated rings. The quantitative estimate of drug-likeness (QED) is 0.299. The van der Waals surface area contributed by atoms with Crippen LogP contribution >= 0.6 is 0 Å². The van der Waals surface area contributed by atoms with E-state index in [1.54, 1.807) is 6.26 Å². The summed E-state index contributed by atoms with van der Waals surface area (Å²) in [5.74, 6) is 0.00451. The fourth-order valence-electron chi connectivity index (χ4n) is 3.08. The van der Waals surface area contributed by atoms with Gasteiger partial charge in [-0.3, -0.25) is 4.55 Å². The minimum atomic E-state index is -3.86. The zero-order valence-corrected chi connectivity index (χ0v) is 16.8. The van der Waals surface area contributed by atoms with E-state index in [-0.39, 0.29) is 5.75 Å². The van der Waals surface area contributed by atoms with Gasteiger partial charge in [-0.25, -0.2) is 0 Å². The Morgan fingerprint density at radius 3 is 2.16 bits per heavy atom. The van der Waals surface area contributed by atoms with Gasteiger partial charge in [0.25, 0.3) is 10.1 Å². The van der Waals surface area contributed by atoms with Crippen LogP contribution in [0.25, 0.3) is 0 Å². The zero-order valence-electron chi connectivity index (χ0n) is 16.0. The van der Waals surface area contributed by atoms with Crippen LogP contribution in [0.5, 0.6) is 0 Å². The van der Waals surface area contributed by atoms with Crippen LogP contribution in [0.4, 0.5) is 0 Å². The Morgan fingerprint density at radius 1 is 0.960 bits per heavy atom. The Labute approximate surface area is 153 Å². The lowest BCUT2D eigenvalue weighted by Crippen LogP contribution is -2.25. The average molecular weight is 377 g/mol. The molecule has 5 nitrogen and oxygen atoms in total. The molecule has 0 spiro atoms. The second-order valence-corrected chi connectivity index (χ2v) is 8.83. The highest BCUT2D eigenvalue weighted by atomic mass is 32.2. The Kier molecular flexibility index (Phi) is 10.5. The van der Waals surface area contributed by atoms with E-state index >= 15 is 0 Å². The normalized spacial score (nSPS) is 20.2. The lowest BCUT2D eigenvalue weighted by atomic mass is 10.0. The summed E-state index contributed by atoms with van der Waals surface area (Å²) in [6, 6.07) is 0. The molecule has 25 heavy (non-hydrogen) atoms. The Morgan fingerprint density at radius 2 is 1.56 bits per heavy atom. The molecule has 0 aliphatic carbocycles. The van der Waals surface area contributed by atoms with E-state index in [2.05, 4.69) is 6.92 Å². The average Bonchev–Trinajstić information content (AvgIpc) is 2.91. The van der Waals surface area contributed by atoms with Gasteiger partial charge in [-0.15, -0.1) is 0 Å². The molecular formula is C19H36O5S. The molecule has 1 aliphatic heterocycles. The van der Waals surface area contributed by atoms with Gasteiger partial charge in [0.2, 0.25) is 5.79 Å². The van der Waals surface area contributed by atoms with E-state index in [1.165, 1.54) is 51.4 Å². The van der Waals surface area contributed by atoms with E-state index in [0.29, 0.717) is 19.3 Å². The predicted molar refractivity (Wildman–Crippen MR) is 101 cm³/mol. The number of allylic oxidation sites excluding steroid dienone is 1. The van der Waals surface area contributed by atoms with Crippen molar-refractivity contribution in [3.63, 3.8) is 0 Å². The first kappa shape index (κ1) is 22.3. The number of ether oxygens (including phenoxy) is 2. The van der Waals surface area contributed by atoms with Gasteiger partial charge in [0.1, 0.15) is 12.0 Å². The van der Waals surface area contributed by atoms with Gasteiger partial charge in [-0.1, -0.05) is 58.3 Å². The van der Waals surface area contributed by atoms with Crippen LogP contribution in [0, 0.1) is 0 Å². The molecule has 0 aromatic heterocycles. The molecule has 1 aliphatic rings. The number of unbranched alkanes of at least 4 members (excludes halogenated alkanes) is 9. The standard InChI is InChI=1S/C19H36O5S/c1-3-4-5-6-7-8-9-10-12-15-19(2)23-17-18(24-19)14-11-13-16-25(20,21)22/h17H,3-16H2,1-2H3,(H,20,21,22). The largest absolute Gasteiger partial charge is 0.457 e. The molecule has 1 heterocycles. The van der Waals surface area contributed by atoms with Crippen molar-refractivity contribution in [3.8, 4) is 0 Å². The second-order valence-electron chi connectivity index (χ2n) is 7.26. The first-order valence-corrected chi connectivity index (χ1v) is 11.5. The summed E-state index contributed by atoms with van der Waals surface area (Å²) in [5.41, 5.74) is 0. The van der Waals surface area contributed by atoms with Crippen LogP contribution in [-0.2, 0) is 19.6 Å². The highest BCUT2D eigenvalue weighted by Crippen LogP contribution is 2.32. The molecule has 0 amide bonds. The van der Waals surface area contributed by atoms with Crippen LogP contribution in [0.15, 0.2) is 12.0 Å². The SMILES string of the molecule is CCCCCCCCCCCC1(C)OC=C(CCCCS(=O)(=O)O)O1. The van der Waals surface area contributed by atoms with Crippen molar-refractivity contribution in [3.05, 3.63) is 12.0 Å². The summed E-state index contributed by atoms with van der Waals surface area (Å²) >= 11 is 0. The fourth-order valence-corrected chi connectivity index (χ4v) is 3.65. The molecule has 6 heteroatoms. The van der Waals surface area contributed by atoms with Crippen molar-refractivity contribution >= 4 is 10.1 Å². The topological polar surface area (TPSA) is 72.8 Å². The molecule has 148 valence electrons. The molecule has 0 bridgehead atoms. The fraction of sp³-hybridized carbons (Fsp3) is 0.895. The molecule has 0 aromatic rings. The summed E-state index contributed by atoms with van der Waals surface area (Å²) < 4.78 is 41.6. The van der Waals surface area contributed by atoms with Gasteiger partial charge >= 0.3 is 0 Å². The van der Waals surface area contributed by atoms with Gasteiger partial charge < -0.3 is 9.47 Å². The molecule has 1 unspecified atom stereocenters. The summed E-state index contributed by atoms with van der Waals surface area (Å²) in [5, 5.41) is 0. The monoisotopic (exact) mass is 376 g/mol.